The van der Waals surface area contributed by atoms with E-state index in [9.17, 15) is 4.79 Å². The largest absolute Gasteiger partial charge is 0.494 e. The van der Waals surface area contributed by atoms with Crippen LogP contribution in [-0.2, 0) is 0 Å². The van der Waals surface area contributed by atoms with Crippen molar-refractivity contribution in [3.63, 3.8) is 0 Å². The topological polar surface area (TPSA) is 84.3 Å². The van der Waals surface area contributed by atoms with Crippen molar-refractivity contribution in [3.8, 4) is 17.1 Å². The summed E-state index contributed by atoms with van der Waals surface area (Å²) in [4.78, 5) is 19.3. The molecule has 0 radical (unpaired) electrons. The predicted molar refractivity (Wildman–Crippen MR) is 75.1 cm³/mol. The molecule has 0 saturated heterocycles. The van der Waals surface area contributed by atoms with Gasteiger partial charge in [0.15, 0.2) is 5.82 Å². The molecule has 20 heavy (non-hydrogen) atoms. The Labute approximate surface area is 116 Å². The Hall–Kier alpha value is -2.63. The maximum atomic E-state index is 11.0. The smallest absolute Gasteiger partial charge is 0.341 e. The lowest BCUT2D eigenvalue weighted by atomic mass is 10.2. The summed E-state index contributed by atoms with van der Waals surface area (Å²) in [6.45, 7) is 2.48. The zero-order valence-corrected chi connectivity index (χ0v) is 11.3. The summed E-state index contributed by atoms with van der Waals surface area (Å²) in [5.74, 6) is 0.385. The summed E-state index contributed by atoms with van der Waals surface area (Å²) in [5, 5.41) is 11.8. The van der Waals surface area contributed by atoms with Crippen molar-refractivity contribution >= 4 is 11.8 Å². The number of nitrogens with one attached hydrogen (secondary N) is 1. The van der Waals surface area contributed by atoms with E-state index in [-0.39, 0.29) is 11.4 Å². The van der Waals surface area contributed by atoms with Crippen molar-refractivity contribution in [1.82, 2.24) is 9.97 Å². The van der Waals surface area contributed by atoms with E-state index < -0.39 is 5.97 Å². The fourth-order valence-electron chi connectivity index (χ4n) is 1.76. The Morgan fingerprint density at radius 3 is 2.90 bits per heavy atom. The molecule has 2 aromatic rings. The third kappa shape index (κ3) is 2.85. The molecule has 6 nitrogen and oxygen atoms in total. The van der Waals surface area contributed by atoms with Crippen molar-refractivity contribution in [3.05, 3.63) is 36.0 Å². The first kappa shape index (κ1) is 13.8. The van der Waals surface area contributed by atoms with Gasteiger partial charge in [-0.2, -0.15) is 0 Å². The van der Waals surface area contributed by atoms with E-state index >= 15 is 0 Å². The predicted octanol–water partition coefficient (Wildman–Crippen LogP) is 2.28. The molecular weight excluding hydrogens is 258 g/mol. The minimum Gasteiger partial charge on any atom is -0.494 e. The number of benzene rings is 1. The van der Waals surface area contributed by atoms with Gasteiger partial charge in [-0.1, -0.05) is 12.1 Å². The zero-order valence-electron chi connectivity index (χ0n) is 11.3. The summed E-state index contributed by atoms with van der Waals surface area (Å²) in [6.07, 6.45) is 1.30. The lowest BCUT2D eigenvalue weighted by Crippen LogP contribution is -2.07. The molecule has 0 amide bonds. The van der Waals surface area contributed by atoms with Gasteiger partial charge in [0, 0.05) is 18.8 Å². The van der Waals surface area contributed by atoms with Gasteiger partial charge in [0.05, 0.1) is 6.61 Å². The first-order valence-electron chi connectivity index (χ1n) is 6.17. The van der Waals surface area contributed by atoms with Gasteiger partial charge in [0.1, 0.15) is 17.1 Å². The van der Waals surface area contributed by atoms with Crippen molar-refractivity contribution in [2.45, 2.75) is 6.92 Å². The van der Waals surface area contributed by atoms with Gasteiger partial charge in [-0.05, 0) is 19.1 Å². The summed E-state index contributed by atoms with van der Waals surface area (Å²) >= 11 is 0. The van der Waals surface area contributed by atoms with E-state index in [2.05, 4.69) is 15.3 Å². The van der Waals surface area contributed by atoms with Crippen LogP contribution in [0.5, 0.6) is 5.75 Å². The SMILES string of the molecule is CCOc1cccc(-c2ncc(C(=O)O)c(NC)n2)c1. The van der Waals surface area contributed by atoms with Gasteiger partial charge in [-0.3, -0.25) is 0 Å². The van der Waals surface area contributed by atoms with Crippen molar-refractivity contribution < 1.29 is 14.6 Å². The molecule has 0 atom stereocenters. The highest BCUT2D eigenvalue weighted by molar-refractivity contribution is 5.93. The Morgan fingerprint density at radius 2 is 2.25 bits per heavy atom. The Kier molecular flexibility index (Phi) is 4.14. The Balaban J connectivity index is 2.42. The van der Waals surface area contributed by atoms with Crippen LogP contribution in [0.1, 0.15) is 17.3 Å². The molecule has 0 spiro atoms. The average Bonchev–Trinajstić information content (AvgIpc) is 2.47. The zero-order chi connectivity index (χ0) is 14.5. The number of aromatic nitrogens is 2. The molecule has 1 aromatic carbocycles. The monoisotopic (exact) mass is 273 g/mol. The molecule has 0 aliphatic rings. The lowest BCUT2D eigenvalue weighted by Gasteiger charge is -2.08. The molecule has 1 heterocycles. The van der Waals surface area contributed by atoms with Crippen LogP contribution < -0.4 is 10.1 Å². The fourth-order valence-corrected chi connectivity index (χ4v) is 1.76. The number of hydrogen-bond donors (Lipinski definition) is 2. The number of nitrogens with zero attached hydrogens (tertiary/aromatic N) is 2. The molecule has 0 fully saturated rings. The van der Waals surface area contributed by atoms with Gasteiger partial charge in [0.25, 0.3) is 0 Å². The van der Waals surface area contributed by atoms with Crippen LogP contribution in [0, 0.1) is 0 Å². The van der Waals surface area contributed by atoms with Crippen molar-refractivity contribution in [2.75, 3.05) is 19.0 Å². The average molecular weight is 273 g/mol. The second-order valence-corrected chi connectivity index (χ2v) is 3.97. The van der Waals surface area contributed by atoms with E-state index in [1.165, 1.54) is 6.20 Å². The maximum Gasteiger partial charge on any atom is 0.341 e. The molecular formula is C14H15N3O3. The molecule has 2 rings (SSSR count). The van der Waals surface area contributed by atoms with Gasteiger partial charge in [-0.15, -0.1) is 0 Å². The van der Waals surface area contributed by atoms with Crippen molar-refractivity contribution in [2.24, 2.45) is 0 Å². The normalized spacial score (nSPS) is 10.1. The van der Waals surface area contributed by atoms with Crippen LogP contribution in [0.3, 0.4) is 0 Å². The number of ether oxygens (including phenoxy) is 1. The number of carbonyl (C=O) groups is 1. The standard InChI is InChI=1S/C14H15N3O3/c1-3-20-10-6-4-5-9(7-10)12-16-8-11(14(18)19)13(15-2)17-12/h4-8H,3H2,1-2H3,(H,18,19)(H,15,16,17). The highest BCUT2D eigenvalue weighted by Crippen LogP contribution is 2.23. The second kappa shape index (κ2) is 6.01. The molecule has 104 valence electrons. The Bertz CT molecular complexity index is 629. The van der Waals surface area contributed by atoms with Gasteiger partial charge >= 0.3 is 5.97 Å². The van der Waals surface area contributed by atoms with E-state index in [1.807, 2.05) is 31.2 Å². The van der Waals surface area contributed by atoms with Crippen LogP contribution in [0.25, 0.3) is 11.4 Å². The van der Waals surface area contributed by atoms with Crippen LogP contribution in [0.2, 0.25) is 0 Å². The highest BCUT2D eigenvalue weighted by atomic mass is 16.5. The Morgan fingerprint density at radius 1 is 1.45 bits per heavy atom. The molecule has 6 heteroatoms. The molecule has 0 aliphatic heterocycles. The third-order valence-electron chi connectivity index (χ3n) is 2.66. The molecule has 0 bridgehead atoms. The maximum absolute atomic E-state index is 11.0. The molecule has 0 saturated carbocycles. The lowest BCUT2D eigenvalue weighted by molar-refractivity contribution is 0.0697. The van der Waals surface area contributed by atoms with Gasteiger partial charge < -0.3 is 15.2 Å². The van der Waals surface area contributed by atoms with Crippen LogP contribution in [0.15, 0.2) is 30.5 Å². The minimum absolute atomic E-state index is 0.0391. The number of rotatable bonds is 5. The van der Waals surface area contributed by atoms with Crippen LogP contribution >= 0.6 is 0 Å². The molecule has 0 aliphatic carbocycles. The molecule has 1 aromatic heterocycles. The van der Waals surface area contributed by atoms with E-state index in [4.69, 9.17) is 9.84 Å². The number of carboxylic acid groups (broad SMARTS) is 1. The van der Waals surface area contributed by atoms with E-state index in [0.29, 0.717) is 12.4 Å². The van der Waals surface area contributed by atoms with Gasteiger partial charge in [-0.25, -0.2) is 14.8 Å². The summed E-state index contributed by atoms with van der Waals surface area (Å²) in [5.41, 5.74) is 0.807. The number of anilines is 1. The molecule has 0 unspecified atom stereocenters. The van der Waals surface area contributed by atoms with E-state index in [1.54, 1.807) is 7.05 Å². The van der Waals surface area contributed by atoms with Crippen LogP contribution in [-0.4, -0.2) is 34.7 Å². The summed E-state index contributed by atoms with van der Waals surface area (Å²) < 4.78 is 5.42. The summed E-state index contributed by atoms with van der Waals surface area (Å²) in [6, 6.07) is 7.35. The molecule has 2 N–H and O–H groups in total. The van der Waals surface area contributed by atoms with Crippen LogP contribution in [0.4, 0.5) is 5.82 Å². The third-order valence-corrected chi connectivity index (χ3v) is 2.66. The second-order valence-electron chi connectivity index (χ2n) is 3.97. The summed E-state index contributed by atoms with van der Waals surface area (Å²) in [7, 11) is 1.62. The fraction of sp³-hybridized carbons (Fsp3) is 0.214. The van der Waals surface area contributed by atoms with Crippen molar-refractivity contribution in [1.29, 1.82) is 0 Å². The minimum atomic E-state index is -1.07. The number of hydrogen-bond acceptors (Lipinski definition) is 5. The first-order valence-corrected chi connectivity index (χ1v) is 6.17. The first-order chi connectivity index (χ1) is 9.65. The number of carboxylic acids is 1. The number of aromatic carboxylic acids is 1. The quantitative estimate of drug-likeness (QED) is 0.869. The highest BCUT2D eigenvalue weighted by Gasteiger charge is 2.13. The van der Waals surface area contributed by atoms with Gasteiger partial charge in [0.2, 0.25) is 0 Å². The van der Waals surface area contributed by atoms with E-state index in [0.717, 1.165) is 11.3 Å².